The molecular formula is C16H11BrFNS. The molecule has 100 valence electrons. The van der Waals surface area contributed by atoms with Crippen LogP contribution >= 0.6 is 27.3 Å². The fraction of sp³-hybridized carbons (Fsp3) is 0.0625. The molecule has 3 aromatic rings. The first kappa shape index (κ1) is 13.5. The number of thiazole rings is 1. The maximum absolute atomic E-state index is 13.3. The summed E-state index contributed by atoms with van der Waals surface area (Å²) in [5, 5.41) is 0.939. The highest BCUT2D eigenvalue weighted by atomic mass is 79.9. The first-order valence-corrected chi connectivity index (χ1v) is 7.74. The third-order valence-corrected chi connectivity index (χ3v) is 4.69. The zero-order chi connectivity index (χ0) is 14.1. The van der Waals surface area contributed by atoms with Crippen molar-refractivity contribution in [3.63, 3.8) is 0 Å². The van der Waals surface area contributed by atoms with E-state index in [1.54, 1.807) is 17.4 Å². The van der Waals surface area contributed by atoms with Crippen molar-refractivity contribution in [2.75, 3.05) is 0 Å². The second-order valence-corrected chi connectivity index (χ2v) is 6.47. The smallest absolute Gasteiger partial charge is 0.125 e. The minimum absolute atomic E-state index is 0.239. The summed E-state index contributed by atoms with van der Waals surface area (Å²) in [4.78, 5) is 5.76. The minimum Gasteiger partial charge on any atom is -0.236 e. The van der Waals surface area contributed by atoms with E-state index in [1.165, 1.54) is 12.1 Å². The number of aryl methyl sites for hydroxylation is 1. The van der Waals surface area contributed by atoms with E-state index in [1.807, 2.05) is 37.3 Å². The third-order valence-electron chi connectivity index (χ3n) is 3.00. The van der Waals surface area contributed by atoms with E-state index in [4.69, 9.17) is 0 Å². The Morgan fingerprint density at radius 1 is 1.10 bits per heavy atom. The van der Waals surface area contributed by atoms with Crippen molar-refractivity contribution in [2.24, 2.45) is 0 Å². The van der Waals surface area contributed by atoms with Gasteiger partial charge in [-0.15, -0.1) is 11.3 Å². The molecule has 0 N–H and O–H groups in total. The summed E-state index contributed by atoms with van der Waals surface area (Å²) in [6.45, 7) is 2.01. The lowest BCUT2D eigenvalue weighted by atomic mass is 10.1. The van der Waals surface area contributed by atoms with Crippen molar-refractivity contribution in [2.45, 2.75) is 6.92 Å². The molecule has 2 aromatic carbocycles. The van der Waals surface area contributed by atoms with Crippen molar-refractivity contribution < 1.29 is 4.39 Å². The normalized spacial score (nSPS) is 10.8. The van der Waals surface area contributed by atoms with Crippen molar-refractivity contribution >= 4 is 27.3 Å². The molecule has 0 radical (unpaired) electrons. The van der Waals surface area contributed by atoms with Crippen LogP contribution < -0.4 is 0 Å². The van der Waals surface area contributed by atoms with Gasteiger partial charge in [-0.05, 0) is 25.1 Å². The van der Waals surface area contributed by atoms with E-state index in [-0.39, 0.29) is 5.82 Å². The summed E-state index contributed by atoms with van der Waals surface area (Å²) >= 11 is 5.16. The highest BCUT2D eigenvalue weighted by Gasteiger charge is 2.13. The Morgan fingerprint density at radius 2 is 1.90 bits per heavy atom. The quantitative estimate of drug-likeness (QED) is 0.580. The van der Waals surface area contributed by atoms with Crippen LogP contribution in [-0.4, -0.2) is 4.98 Å². The van der Waals surface area contributed by atoms with Gasteiger partial charge in [-0.2, -0.15) is 0 Å². The van der Waals surface area contributed by atoms with Crippen LogP contribution in [0.2, 0.25) is 0 Å². The fourth-order valence-electron chi connectivity index (χ4n) is 2.05. The minimum atomic E-state index is -0.239. The van der Waals surface area contributed by atoms with Crippen LogP contribution in [0.15, 0.2) is 53.0 Å². The SMILES string of the molecule is Cc1sc(-c2ccccc2Br)nc1-c1cccc(F)c1. The Morgan fingerprint density at radius 3 is 2.65 bits per heavy atom. The number of halogens is 2. The highest BCUT2D eigenvalue weighted by Crippen LogP contribution is 2.36. The predicted octanol–water partition coefficient (Wildman–Crippen LogP) is 5.69. The molecule has 1 nitrogen and oxygen atoms in total. The number of benzene rings is 2. The Hall–Kier alpha value is -1.52. The monoisotopic (exact) mass is 347 g/mol. The zero-order valence-corrected chi connectivity index (χ0v) is 13.1. The average Bonchev–Trinajstić information content (AvgIpc) is 2.81. The number of rotatable bonds is 2. The number of hydrogen-bond donors (Lipinski definition) is 0. The lowest BCUT2D eigenvalue weighted by Gasteiger charge is -1.99. The van der Waals surface area contributed by atoms with E-state index >= 15 is 0 Å². The van der Waals surface area contributed by atoms with Crippen LogP contribution in [-0.2, 0) is 0 Å². The molecule has 20 heavy (non-hydrogen) atoms. The Balaban J connectivity index is 2.10. The van der Waals surface area contributed by atoms with Gasteiger partial charge in [-0.25, -0.2) is 9.37 Å². The summed E-state index contributed by atoms with van der Waals surface area (Å²) in [5.74, 6) is -0.239. The van der Waals surface area contributed by atoms with Gasteiger partial charge in [-0.1, -0.05) is 46.3 Å². The van der Waals surface area contributed by atoms with Gasteiger partial charge in [0.05, 0.1) is 5.69 Å². The van der Waals surface area contributed by atoms with Gasteiger partial charge in [0, 0.05) is 20.5 Å². The third kappa shape index (κ3) is 2.53. The maximum Gasteiger partial charge on any atom is 0.125 e. The van der Waals surface area contributed by atoms with E-state index in [0.29, 0.717) is 0 Å². The van der Waals surface area contributed by atoms with Crippen LogP contribution in [0, 0.1) is 12.7 Å². The summed E-state index contributed by atoms with van der Waals surface area (Å²) in [6, 6.07) is 14.5. The Bertz CT molecular complexity index is 767. The molecule has 0 aliphatic carbocycles. The van der Waals surface area contributed by atoms with Crippen LogP contribution in [0.1, 0.15) is 4.88 Å². The van der Waals surface area contributed by atoms with Crippen LogP contribution in [0.4, 0.5) is 4.39 Å². The fourth-order valence-corrected chi connectivity index (χ4v) is 3.63. The van der Waals surface area contributed by atoms with E-state index in [2.05, 4.69) is 20.9 Å². The second kappa shape index (κ2) is 5.46. The molecule has 0 amide bonds. The van der Waals surface area contributed by atoms with E-state index in [0.717, 1.165) is 31.2 Å². The Kier molecular flexibility index (Phi) is 3.68. The highest BCUT2D eigenvalue weighted by molar-refractivity contribution is 9.10. The van der Waals surface area contributed by atoms with Crippen LogP contribution in [0.25, 0.3) is 21.8 Å². The second-order valence-electron chi connectivity index (χ2n) is 4.41. The van der Waals surface area contributed by atoms with Gasteiger partial charge < -0.3 is 0 Å². The number of hydrogen-bond acceptors (Lipinski definition) is 2. The molecule has 0 unspecified atom stereocenters. The molecule has 0 atom stereocenters. The molecule has 0 spiro atoms. The number of nitrogens with zero attached hydrogens (tertiary/aromatic N) is 1. The van der Waals surface area contributed by atoms with Crippen molar-refractivity contribution in [3.8, 4) is 21.8 Å². The maximum atomic E-state index is 13.3. The number of aromatic nitrogens is 1. The van der Waals surface area contributed by atoms with Crippen molar-refractivity contribution in [3.05, 3.63) is 63.7 Å². The zero-order valence-electron chi connectivity index (χ0n) is 10.7. The lowest BCUT2D eigenvalue weighted by Crippen LogP contribution is -1.83. The van der Waals surface area contributed by atoms with Crippen LogP contribution in [0.3, 0.4) is 0 Å². The van der Waals surface area contributed by atoms with Crippen molar-refractivity contribution in [1.82, 2.24) is 4.98 Å². The molecular weight excluding hydrogens is 337 g/mol. The van der Waals surface area contributed by atoms with Gasteiger partial charge in [-0.3, -0.25) is 0 Å². The lowest BCUT2D eigenvalue weighted by molar-refractivity contribution is 0.628. The molecule has 0 fully saturated rings. The van der Waals surface area contributed by atoms with Gasteiger partial charge in [0.15, 0.2) is 0 Å². The largest absolute Gasteiger partial charge is 0.236 e. The molecule has 1 aromatic heterocycles. The molecule has 0 bridgehead atoms. The standard InChI is InChI=1S/C16H11BrFNS/c1-10-15(11-5-4-6-12(18)9-11)19-16(20-10)13-7-2-3-8-14(13)17/h2-9H,1H3. The summed E-state index contributed by atoms with van der Waals surface area (Å²) in [5.41, 5.74) is 2.72. The van der Waals surface area contributed by atoms with E-state index < -0.39 is 0 Å². The first-order valence-electron chi connectivity index (χ1n) is 6.13. The molecule has 3 rings (SSSR count). The molecule has 0 aliphatic heterocycles. The first-order chi connectivity index (χ1) is 9.65. The van der Waals surface area contributed by atoms with Gasteiger partial charge >= 0.3 is 0 Å². The molecule has 1 heterocycles. The summed E-state index contributed by atoms with van der Waals surface area (Å²) in [6.07, 6.45) is 0. The van der Waals surface area contributed by atoms with Gasteiger partial charge in [0.2, 0.25) is 0 Å². The molecule has 0 saturated carbocycles. The molecule has 0 saturated heterocycles. The molecule has 0 aliphatic rings. The van der Waals surface area contributed by atoms with Gasteiger partial charge in [0.25, 0.3) is 0 Å². The predicted molar refractivity (Wildman–Crippen MR) is 85.4 cm³/mol. The van der Waals surface area contributed by atoms with Gasteiger partial charge in [0.1, 0.15) is 10.8 Å². The topological polar surface area (TPSA) is 12.9 Å². The summed E-state index contributed by atoms with van der Waals surface area (Å²) < 4.78 is 14.4. The Labute approximate surface area is 129 Å². The summed E-state index contributed by atoms with van der Waals surface area (Å²) in [7, 11) is 0. The molecule has 4 heteroatoms. The van der Waals surface area contributed by atoms with Crippen molar-refractivity contribution in [1.29, 1.82) is 0 Å². The average molecular weight is 348 g/mol. The van der Waals surface area contributed by atoms with E-state index in [9.17, 15) is 4.39 Å². The van der Waals surface area contributed by atoms with Crippen LogP contribution in [0.5, 0.6) is 0 Å².